The average Bonchev–Trinajstić information content (AvgIpc) is 2.41. The van der Waals surface area contributed by atoms with Gasteiger partial charge in [-0.1, -0.05) is 29.8 Å². The second kappa shape index (κ2) is 5.73. The summed E-state index contributed by atoms with van der Waals surface area (Å²) in [5.41, 5.74) is 1.55. The molecule has 0 amide bonds. The van der Waals surface area contributed by atoms with Gasteiger partial charge in [0.05, 0.1) is 23.4 Å². The highest BCUT2D eigenvalue weighted by Gasteiger charge is 2.11. The summed E-state index contributed by atoms with van der Waals surface area (Å²) in [5, 5.41) is 12.4. The van der Waals surface area contributed by atoms with Crippen LogP contribution in [0.25, 0.3) is 0 Å². The molecule has 0 radical (unpaired) electrons. The van der Waals surface area contributed by atoms with Gasteiger partial charge in [-0.3, -0.25) is 0 Å². The fourth-order valence-corrected chi connectivity index (χ4v) is 2.14. The van der Waals surface area contributed by atoms with Crippen LogP contribution in [0.2, 0.25) is 5.02 Å². The molecule has 2 aromatic carbocycles. The Kier molecular flexibility index (Phi) is 4.03. The molecule has 0 aliphatic rings. The van der Waals surface area contributed by atoms with Gasteiger partial charge in [-0.25, -0.2) is 4.39 Å². The zero-order valence-corrected chi connectivity index (χ0v) is 11.1. The number of rotatable bonds is 3. The Morgan fingerprint density at radius 3 is 2.63 bits per heavy atom. The lowest BCUT2D eigenvalue weighted by Crippen LogP contribution is -2.08. The van der Waals surface area contributed by atoms with Crippen molar-refractivity contribution in [2.75, 3.05) is 5.32 Å². The van der Waals surface area contributed by atoms with E-state index < -0.39 is 5.82 Å². The summed E-state index contributed by atoms with van der Waals surface area (Å²) < 4.78 is 13.8. The van der Waals surface area contributed by atoms with Gasteiger partial charge in [0, 0.05) is 5.02 Å². The molecule has 0 aliphatic heterocycles. The highest BCUT2D eigenvalue weighted by atomic mass is 35.5. The molecule has 96 valence electrons. The molecule has 0 bridgehead atoms. The monoisotopic (exact) mass is 274 g/mol. The molecule has 2 rings (SSSR count). The smallest absolute Gasteiger partial charge is 0.147 e. The minimum atomic E-state index is -0.446. The highest BCUT2D eigenvalue weighted by Crippen LogP contribution is 2.27. The summed E-state index contributed by atoms with van der Waals surface area (Å²) in [7, 11) is 0. The largest absolute Gasteiger partial charge is 0.376 e. The lowest BCUT2D eigenvalue weighted by atomic mass is 10.1. The van der Waals surface area contributed by atoms with Crippen LogP contribution >= 0.6 is 11.6 Å². The van der Waals surface area contributed by atoms with Crippen LogP contribution in [0.3, 0.4) is 0 Å². The van der Waals surface area contributed by atoms with E-state index in [1.165, 1.54) is 6.07 Å². The van der Waals surface area contributed by atoms with Crippen LogP contribution in [-0.4, -0.2) is 0 Å². The van der Waals surface area contributed by atoms with Gasteiger partial charge in [-0.15, -0.1) is 0 Å². The maximum absolute atomic E-state index is 13.8. The normalized spacial score (nSPS) is 11.7. The molecule has 1 unspecified atom stereocenters. The van der Waals surface area contributed by atoms with E-state index in [0.717, 1.165) is 5.56 Å². The van der Waals surface area contributed by atoms with Crippen molar-refractivity contribution >= 4 is 17.3 Å². The number of anilines is 1. The standard InChI is InChI=1S/C15H12ClFN2/c1-10(12-4-2-3-5-13(12)16)19-15-7-6-11(9-18)8-14(15)17/h2-8,10,19H,1H3. The predicted molar refractivity (Wildman–Crippen MR) is 74.6 cm³/mol. The summed E-state index contributed by atoms with van der Waals surface area (Å²) in [6.07, 6.45) is 0. The van der Waals surface area contributed by atoms with Crippen LogP contribution in [0, 0.1) is 17.1 Å². The number of halogens is 2. The third-order valence-electron chi connectivity index (χ3n) is 2.84. The number of nitrogens with zero attached hydrogens (tertiary/aromatic N) is 1. The molecule has 0 saturated heterocycles. The van der Waals surface area contributed by atoms with Gasteiger partial charge in [0.2, 0.25) is 0 Å². The third-order valence-corrected chi connectivity index (χ3v) is 3.19. The molecule has 0 saturated carbocycles. The Labute approximate surface area is 116 Å². The average molecular weight is 275 g/mol. The van der Waals surface area contributed by atoms with Crippen LogP contribution in [-0.2, 0) is 0 Å². The first-order valence-corrected chi connectivity index (χ1v) is 6.20. The second-order valence-corrected chi connectivity index (χ2v) is 4.60. The molecule has 19 heavy (non-hydrogen) atoms. The lowest BCUT2D eigenvalue weighted by molar-refractivity contribution is 0.627. The van der Waals surface area contributed by atoms with E-state index >= 15 is 0 Å². The fraction of sp³-hybridized carbons (Fsp3) is 0.133. The fourth-order valence-electron chi connectivity index (χ4n) is 1.84. The molecule has 0 aromatic heterocycles. The van der Waals surface area contributed by atoms with Gasteiger partial charge in [-0.05, 0) is 36.8 Å². The van der Waals surface area contributed by atoms with Crippen LogP contribution in [0.1, 0.15) is 24.1 Å². The molecule has 2 aromatic rings. The Hall–Kier alpha value is -2.05. The van der Waals surface area contributed by atoms with Crippen molar-refractivity contribution < 1.29 is 4.39 Å². The van der Waals surface area contributed by atoms with E-state index in [2.05, 4.69) is 5.32 Å². The number of hydrogen-bond acceptors (Lipinski definition) is 2. The number of benzene rings is 2. The maximum atomic E-state index is 13.8. The van der Waals surface area contributed by atoms with Crippen molar-refractivity contribution in [1.29, 1.82) is 5.26 Å². The molecule has 0 heterocycles. The van der Waals surface area contributed by atoms with Crippen molar-refractivity contribution in [1.82, 2.24) is 0 Å². The quantitative estimate of drug-likeness (QED) is 0.893. The van der Waals surface area contributed by atoms with Crippen molar-refractivity contribution in [2.45, 2.75) is 13.0 Å². The summed E-state index contributed by atoms with van der Waals surface area (Å²) in [6.45, 7) is 1.90. The predicted octanol–water partition coefficient (Wildman–Crippen LogP) is 4.52. The van der Waals surface area contributed by atoms with E-state index in [0.29, 0.717) is 16.3 Å². The van der Waals surface area contributed by atoms with E-state index in [1.54, 1.807) is 18.2 Å². The molecular weight excluding hydrogens is 263 g/mol. The van der Waals surface area contributed by atoms with Crippen molar-refractivity contribution in [2.24, 2.45) is 0 Å². The van der Waals surface area contributed by atoms with Crippen LogP contribution in [0.5, 0.6) is 0 Å². The minimum Gasteiger partial charge on any atom is -0.376 e. The number of nitrogens with one attached hydrogen (secondary N) is 1. The minimum absolute atomic E-state index is 0.129. The first kappa shape index (κ1) is 13.4. The third kappa shape index (κ3) is 3.04. The van der Waals surface area contributed by atoms with Gasteiger partial charge >= 0.3 is 0 Å². The van der Waals surface area contributed by atoms with Gasteiger partial charge in [0.15, 0.2) is 0 Å². The van der Waals surface area contributed by atoms with Crippen molar-refractivity contribution in [3.8, 4) is 6.07 Å². The molecular formula is C15H12ClFN2. The Balaban J connectivity index is 2.22. The Bertz CT molecular complexity index is 634. The zero-order valence-electron chi connectivity index (χ0n) is 10.3. The Morgan fingerprint density at radius 1 is 1.26 bits per heavy atom. The summed E-state index contributed by atoms with van der Waals surface area (Å²) in [4.78, 5) is 0. The van der Waals surface area contributed by atoms with Crippen LogP contribution < -0.4 is 5.32 Å². The molecule has 1 N–H and O–H groups in total. The number of hydrogen-bond donors (Lipinski definition) is 1. The van der Waals surface area contributed by atoms with Crippen LogP contribution in [0.4, 0.5) is 10.1 Å². The van der Waals surface area contributed by atoms with E-state index in [-0.39, 0.29) is 6.04 Å². The zero-order chi connectivity index (χ0) is 13.8. The summed E-state index contributed by atoms with van der Waals surface area (Å²) in [5.74, 6) is -0.446. The first-order valence-electron chi connectivity index (χ1n) is 5.82. The molecule has 4 heteroatoms. The molecule has 1 atom stereocenters. The SMILES string of the molecule is CC(Nc1ccc(C#N)cc1F)c1ccccc1Cl. The van der Waals surface area contributed by atoms with Gasteiger partial charge in [-0.2, -0.15) is 5.26 Å². The van der Waals surface area contributed by atoms with Gasteiger partial charge in [0.1, 0.15) is 5.82 Å². The maximum Gasteiger partial charge on any atom is 0.147 e. The molecule has 0 spiro atoms. The summed E-state index contributed by atoms with van der Waals surface area (Å²) >= 11 is 6.10. The first-order chi connectivity index (χ1) is 9.11. The Morgan fingerprint density at radius 2 is 2.00 bits per heavy atom. The molecule has 2 nitrogen and oxygen atoms in total. The van der Waals surface area contributed by atoms with Gasteiger partial charge in [0.25, 0.3) is 0 Å². The van der Waals surface area contributed by atoms with Crippen LogP contribution in [0.15, 0.2) is 42.5 Å². The van der Waals surface area contributed by atoms with E-state index in [1.807, 2.05) is 31.2 Å². The second-order valence-electron chi connectivity index (χ2n) is 4.19. The molecule has 0 fully saturated rings. The van der Waals surface area contributed by atoms with Crippen molar-refractivity contribution in [3.63, 3.8) is 0 Å². The lowest BCUT2D eigenvalue weighted by Gasteiger charge is -2.17. The van der Waals surface area contributed by atoms with E-state index in [9.17, 15) is 4.39 Å². The summed E-state index contributed by atoms with van der Waals surface area (Å²) in [6, 6.07) is 13.5. The highest BCUT2D eigenvalue weighted by molar-refractivity contribution is 6.31. The number of nitriles is 1. The van der Waals surface area contributed by atoms with E-state index in [4.69, 9.17) is 16.9 Å². The topological polar surface area (TPSA) is 35.8 Å². The molecule has 0 aliphatic carbocycles. The van der Waals surface area contributed by atoms with Gasteiger partial charge < -0.3 is 5.32 Å². The van der Waals surface area contributed by atoms with Crippen molar-refractivity contribution in [3.05, 3.63) is 64.4 Å².